The van der Waals surface area contributed by atoms with E-state index in [-0.39, 0.29) is 12.0 Å². The largest absolute Gasteiger partial charge is 0.416 e. The van der Waals surface area contributed by atoms with Crippen molar-refractivity contribution >= 4 is 17.5 Å². The molecule has 1 fully saturated rings. The smallest absolute Gasteiger partial charge is 0.365 e. The van der Waals surface area contributed by atoms with Crippen LogP contribution in [0.15, 0.2) is 48.5 Å². The van der Waals surface area contributed by atoms with Crippen LogP contribution in [0.3, 0.4) is 0 Å². The SMILES string of the molecule is CCC(=O)N[C@@]1(C)C[C@@H](c2ccc(Cl)cc2)O[C@@H](c2cccc(C(F)(F)F)c2)C1. The Kier molecular flexibility index (Phi) is 6.24. The Bertz CT molecular complexity index is 869. The summed E-state index contributed by atoms with van der Waals surface area (Å²) in [6, 6.07) is 12.3. The molecule has 2 aromatic rings. The molecule has 3 nitrogen and oxygen atoms in total. The maximum atomic E-state index is 13.2. The number of amides is 1. The zero-order valence-electron chi connectivity index (χ0n) is 16.2. The van der Waals surface area contributed by atoms with Crippen LogP contribution in [0.4, 0.5) is 13.2 Å². The molecule has 7 heteroatoms. The van der Waals surface area contributed by atoms with E-state index in [0.717, 1.165) is 17.7 Å². The van der Waals surface area contributed by atoms with E-state index in [1.54, 1.807) is 25.1 Å². The fourth-order valence-corrected chi connectivity index (χ4v) is 3.83. The van der Waals surface area contributed by atoms with Crippen molar-refractivity contribution in [1.29, 1.82) is 0 Å². The third-order valence-corrected chi connectivity index (χ3v) is 5.44. The fourth-order valence-electron chi connectivity index (χ4n) is 3.71. The molecule has 1 aliphatic rings. The molecule has 2 aromatic carbocycles. The van der Waals surface area contributed by atoms with E-state index in [1.807, 2.05) is 19.1 Å². The Balaban J connectivity index is 1.95. The molecule has 1 saturated heterocycles. The zero-order valence-corrected chi connectivity index (χ0v) is 17.0. The molecule has 3 rings (SSSR count). The molecule has 0 spiro atoms. The predicted molar refractivity (Wildman–Crippen MR) is 106 cm³/mol. The maximum absolute atomic E-state index is 13.2. The Hall–Kier alpha value is -2.05. The third-order valence-electron chi connectivity index (χ3n) is 5.19. The summed E-state index contributed by atoms with van der Waals surface area (Å²) in [5, 5.41) is 3.62. The van der Waals surface area contributed by atoms with Crippen LogP contribution < -0.4 is 5.32 Å². The quantitative estimate of drug-likeness (QED) is 0.630. The van der Waals surface area contributed by atoms with Crippen molar-refractivity contribution < 1.29 is 22.7 Å². The molecule has 156 valence electrons. The van der Waals surface area contributed by atoms with Crippen LogP contribution in [0.1, 0.15) is 62.0 Å². The molecule has 3 atom stereocenters. The molecule has 0 saturated carbocycles. The van der Waals surface area contributed by atoms with Gasteiger partial charge < -0.3 is 10.1 Å². The lowest BCUT2D eigenvalue weighted by molar-refractivity contribution is -0.137. The van der Waals surface area contributed by atoms with Gasteiger partial charge in [-0.1, -0.05) is 42.8 Å². The highest BCUT2D eigenvalue weighted by Gasteiger charge is 2.41. The summed E-state index contributed by atoms with van der Waals surface area (Å²) in [6.45, 7) is 3.67. The molecule has 0 radical (unpaired) electrons. The normalized spacial score (nSPS) is 24.9. The number of nitrogens with one attached hydrogen (secondary N) is 1. The lowest BCUT2D eigenvalue weighted by Gasteiger charge is -2.43. The van der Waals surface area contributed by atoms with Crippen molar-refractivity contribution in [2.24, 2.45) is 0 Å². The molecule has 0 bridgehead atoms. The van der Waals surface area contributed by atoms with Crippen molar-refractivity contribution in [2.75, 3.05) is 0 Å². The number of alkyl halides is 3. The number of hydrogen-bond donors (Lipinski definition) is 1. The van der Waals surface area contributed by atoms with Gasteiger partial charge in [-0.25, -0.2) is 0 Å². The van der Waals surface area contributed by atoms with E-state index >= 15 is 0 Å². The van der Waals surface area contributed by atoms with Crippen molar-refractivity contribution in [3.63, 3.8) is 0 Å². The Morgan fingerprint density at radius 3 is 2.34 bits per heavy atom. The third kappa shape index (κ3) is 5.31. The highest BCUT2D eigenvalue weighted by atomic mass is 35.5. The fraction of sp³-hybridized carbons (Fsp3) is 0.409. The molecule has 1 heterocycles. The molecule has 1 aliphatic heterocycles. The summed E-state index contributed by atoms with van der Waals surface area (Å²) in [5.74, 6) is -0.105. The van der Waals surface area contributed by atoms with Crippen molar-refractivity contribution in [1.82, 2.24) is 5.32 Å². The Morgan fingerprint density at radius 2 is 1.76 bits per heavy atom. The molecule has 0 aliphatic carbocycles. The molecule has 0 unspecified atom stereocenters. The topological polar surface area (TPSA) is 38.3 Å². The average molecular weight is 426 g/mol. The van der Waals surface area contributed by atoms with Crippen molar-refractivity contribution in [3.05, 3.63) is 70.2 Å². The summed E-state index contributed by atoms with van der Waals surface area (Å²) in [6.07, 6.45) is -4.19. The second kappa shape index (κ2) is 8.36. The van der Waals surface area contributed by atoms with E-state index in [2.05, 4.69) is 5.32 Å². The van der Waals surface area contributed by atoms with Gasteiger partial charge in [-0.2, -0.15) is 13.2 Å². The van der Waals surface area contributed by atoms with E-state index in [9.17, 15) is 18.0 Å². The van der Waals surface area contributed by atoms with Gasteiger partial charge in [0.1, 0.15) is 0 Å². The Morgan fingerprint density at radius 1 is 1.14 bits per heavy atom. The first-order chi connectivity index (χ1) is 13.6. The summed E-state index contributed by atoms with van der Waals surface area (Å²) in [7, 11) is 0. The molecule has 1 N–H and O–H groups in total. The van der Waals surface area contributed by atoms with Crippen LogP contribution in [0, 0.1) is 0 Å². The summed E-state index contributed by atoms with van der Waals surface area (Å²) >= 11 is 5.97. The van der Waals surface area contributed by atoms with Gasteiger partial charge in [0.25, 0.3) is 0 Å². The number of rotatable bonds is 4. The van der Waals surface area contributed by atoms with Crippen LogP contribution in [-0.2, 0) is 15.7 Å². The molecular formula is C22H23ClF3NO2. The second-order valence-electron chi connectivity index (χ2n) is 7.66. The minimum atomic E-state index is -4.43. The standard InChI is InChI=1S/C22H23ClF3NO2/c1-3-20(28)27-21(2)12-18(14-7-9-17(23)10-8-14)29-19(13-21)15-5-4-6-16(11-15)22(24,25)26/h4-11,18-19H,3,12-13H2,1-2H3,(H,27,28)/t18-,19+,21-/m0/s1. The highest BCUT2D eigenvalue weighted by Crippen LogP contribution is 2.44. The Labute approximate surface area is 173 Å². The van der Waals surface area contributed by atoms with E-state index in [4.69, 9.17) is 16.3 Å². The van der Waals surface area contributed by atoms with E-state index in [0.29, 0.717) is 29.8 Å². The molecule has 0 aromatic heterocycles. The van der Waals surface area contributed by atoms with Crippen LogP contribution in [0.25, 0.3) is 0 Å². The number of carbonyl (C=O) groups excluding carboxylic acids is 1. The van der Waals surface area contributed by atoms with Gasteiger partial charge in [-0.3, -0.25) is 4.79 Å². The van der Waals surface area contributed by atoms with Gasteiger partial charge in [-0.15, -0.1) is 0 Å². The van der Waals surface area contributed by atoms with Gasteiger partial charge in [0.05, 0.1) is 17.8 Å². The van der Waals surface area contributed by atoms with Crippen molar-refractivity contribution in [2.45, 2.75) is 57.0 Å². The lowest BCUT2D eigenvalue weighted by atomic mass is 9.81. The van der Waals surface area contributed by atoms with Crippen LogP contribution in [0.5, 0.6) is 0 Å². The van der Waals surface area contributed by atoms with Gasteiger partial charge in [0.15, 0.2) is 0 Å². The minimum Gasteiger partial charge on any atom is -0.365 e. The minimum absolute atomic E-state index is 0.105. The van der Waals surface area contributed by atoms with Gasteiger partial charge >= 0.3 is 6.18 Å². The monoisotopic (exact) mass is 425 g/mol. The molecular weight excluding hydrogens is 403 g/mol. The van der Waals surface area contributed by atoms with Gasteiger partial charge in [-0.05, 0) is 42.3 Å². The average Bonchev–Trinajstić information content (AvgIpc) is 2.67. The number of ether oxygens (including phenoxy) is 1. The zero-order chi connectivity index (χ0) is 21.2. The number of halogens is 4. The van der Waals surface area contributed by atoms with Gasteiger partial charge in [0, 0.05) is 29.8 Å². The predicted octanol–water partition coefficient (Wildman–Crippen LogP) is 6.24. The first kappa shape index (κ1) is 21.7. The number of benzene rings is 2. The van der Waals surface area contributed by atoms with Crippen molar-refractivity contribution in [3.8, 4) is 0 Å². The molecule has 29 heavy (non-hydrogen) atoms. The van der Waals surface area contributed by atoms with Crippen LogP contribution in [0.2, 0.25) is 5.02 Å². The van der Waals surface area contributed by atoms with E-state index < -0.39 is 23.4 Å². The van der Waals surface area contributed by atoms with E-state index in [1.165, 1.54) is 6.07 Å². The number of carbonyl (C=O) groups is 1. The summed E-state index contributed by atoms with van der Waals surface area (Å²) in [5.41, 5.74) is -0.0285. The van der Waals surface area contributed by atoms with Crippen LogP contribution in [-0.4, -0.2) is 11.4 Å². The van der Waals surface area contributed by atoms with Crippen LogP contribution >= 0.6 is 11.6 Å². The summed E-state index contributed by atoms with van der Waals surface area (Å²) < 4.78 is 45.7. The lowest BCUT2D eigenvalue weighted by Crippen LogP contribution is -2.50. The maximum Gasteiger partial charge on any atom is 0.416 e. The number of hydrogen-bond acceptors (Lipinski definition) is 2. The highest BCUT2D eigenvalue weighted by molar-refractivity contribution is 6.30. The first-order valence-corrected chi connectivity index (χ1v) is 9.86. The first-order valence-electron chi connectivity index (χ1n) is 9.49. The second-order valence-corrected chi connectivity index (χ2v) is 8.10. The molecule has 1 amide bonds. The van der Waals surface area contributed by atoms with Gasteiger partial charge in [0.2, 0.25) is 5.91 Å². The summed E-state index contributed by atoms with van der Waals surface area (Å²) in [4.78, 5) is 12.1.